The maximum Gasteiger partial charge on any atom is 0.125 e. The van der Waals surface area contributed by atoms with Crippen LogP contribution in [0.4, 0.5) is 0 Å². The van der Waals surface area contributed by atoms with E-state index in [0.717, 1.165) is 0 Å². The topological polar surface area (TPSA) is 121 Å². The molecular formula is C16H24O6. The van der Waals surface area contributed by atoms with Crippen LogP contribution in [0, 0.1) is 0 Å². The second-order valence-corrected chi connectivity index (χ2v) is 5.38. The molecule has 1 rings (SSSR count). The van der Waals surface area contributed by atoms with Gasteiger partial charge in [0.25, 0.3) is 0 Å². The van der Waals surface area contributed by atoms with Gasteiger partial charge in [-0.15, -0.1) is 6.58 Å². The van der Waals surface area contributed by atoms with E-state index in [0.29, 0.717) is 5.56 Å². The molecular weight excluding hydrogens is 288 g/mol. The summed E-state index contributed by atoms with van der Waals surface area (Å²) in [4.78, 5) is 0. The van der Waals surface area contributed by atoms with Crippen molar-refractivity contribution >= 4 is 0 Å². The van der Waals surface area contributed by atoms with Crippen molar-refractivity contribution in [2.75, 3.05) is 6.61 Å². The van der Waals surface area contributed by atoms with Crippen molar-refractivity contribution in [3.8, 4) is 0 Å². The molecule has 124 valence electrons. The zero-order chi connectivity index (χ0) is 16.8. The van der Waals surface area contributed by atoms with Crippen LogP contribution in [0.2, 0.25) is 0 Å². The first-order chi connectivity index (χ1) is 10.4. The quantitative estimate of drug-likeness (QED) is 0.324. The third kappa shape index (κ3) is 4.36. The predicted octanol–water partition coefficient (Wildman–Crippen LogP) is -1.03. The molecule has 0 saturated heterocycles. The molecule has 0 aliphatic carbocycles. The van der Waals surface area contributed by atoms with E-state index in [1.165, 1.54) is 6.08 Å². The number of hydrogen-bond donors (Lipinski definition) is 6. The van der Waals surface area contributed by atoms with Gasteiger partial charge in [0.05, 0.1) is 12.7 Å². The van der Waals surface area contributed by atoms with Crippen molar-refractivity contribution in [2.45, 2.75) is 42.9 Å². The Bertz CT molecular complexity index is 451. The normalized spacial score (nSPS) is 19.7. The molecule has 0 spiro atoms. The lowest BCUT2D eigenvalue weighted by Gasteiger charge is -2.40. The maximum atomic E-state index is 10.7. The van der Waals surface area contributed by atoms with Crippen molar-refractivity contribution in [1.82, 2.24) is 0 Å². The molecule has 0 aromatic heterocycles. The lowest BCUT2D eigenvalue weighted by atomic mass is 9.79. The lowest BCUT2D eigenvalue weighted by Crippen LogP contribution is -2.62. The molecule has 0 saturated carbocycles. The maximum absolute atomic E-state index is 10.7. The van der Waals surface area contributed by atoms with Gasteiger partial charge in [-0.05, 0) is 12.0 Å². The molecule has 0 radical (unpaired) electrons. The highest BCUT2D eigenvalue weighted by atomic mass is 16.4. The number of hydrogen-bond acceptors (Lipinski definition) is 6. The van der Waals surface area contributed by atoms with Crippen LogP contribution in [-0.2, 0) is 6.42 Å². The summed E-state index contributed by atoms with van der Waals surface area (Å²) in [5.74, 6) is 0. The number of aliphatic hydroxyl groups is 6. The van der Waals surface area contributed by atoms with Gasteiger partial charge in [-0.2, -0.15) is 0 Å². The van der Waals surface area contributed by atoms with Gasteiger partial charge in [0.1, 0.15) is 23.9 Å². The molecule has 6 N–H and O–H groups in total. The van der Waals surface area contributed by atoms with E-state index in [-0.39, 0.29) is 12.8 Å². The Morgan fingerprint density at radius 2 is 1.55 bits per heavy atom. The van der Waals surface area contributed by atoms with Crippen LogP contribution >= 0.6 is 0 Å². The highest BCUT2D eigenvalue weighted by Gasteiger charge is 2.48. The van der Waals surface area contributed by atoms with Crippen molar-refractivity contribution < 1.29 is 30.6 Å². The third-order valence-electron chi connectivity index (χ3n) is 3.68. The minimum absolute atomic E-state index is 0.000205. The van der Waals surface area contributed by atoms with Crippen LogP contribution in [0.3, 0.4) is 0 Å². The summed E-state index contributed by atoms with van der Waals surface area (Å²) in [5.41, 5.74) is -1.63. The molecule has 1 unspecified atom stereocenters. The third-order valence-corrected chi connectivity index (χ3v) is 3.68. The van der Waals surface area contributed by atoms with Gasteiger partial charge in [-0.3, -0.25) is 0 Å². The van der Waals surface area contributed by atoms with E-state index in [9.17, 15) is 25.5 Å². The monoisotopic (exact) mass is 312 g/mol. The highest BCUT2D eigenvalue weighted by molar-refractivity contribution is 5.19. The minimum atomic E-state index is -2.23. The van der Waals surface area contributed by atoms with Crippen molar-refractivity contribution in [1.29, 1.82) is 0 Å². The van der Waals surface area contributed by atoms with E-state index >= 15 is 0 Å². The number of rotatable bonds is 9. The molecule has 5 atom stereocenters. The summed E-state index contributed by atoms with van der Waals surface area (Å²) < 4.78 is 0. The Morgan fingerprint density at radius 1 is 1.00 bits per heavy atom. The Kier molecular flexibility index (Phi) is 7.15. The summed E-state index contributed by atoms with van der Waals surface area (Å²) in [6, 6.07) is 8.56. The van der Waals surface area contributed by atoms with Gasteiger partial charge >= 0.3 is 0 Å². The summed E-state index contributed by atoms with van der Waals surface area (Å²) >= 11 is 0. The lowest BCUT2D eigenvalue weighted by molar-refractivity contribution is -0.203. The van der Waals surface area contributed by atoms with Gasteiger partial charge in [-0.25, -0.2) is 0 Å². The number of aliphatic hydroxyl groups excluding tert-OH is 5. The average molecular weight is 312 g/mol. The largest absolute Gasteiger partial charge is 0.394 e. The summed E-state index contributed by atoms with van der Waals surface area (Å²) in [7, 11) is 0. The van der Waals surface area contributed by atoms with Gasteiger partial charge in [0.2, 0.25) is 0 Å². The highest BCUT2D eigenvalue weighted by Crippen LogP contribution is 2.27. The first kappa shape index (κ1) is 18.8. The van der Waals surface area contributed by atoms with Crippen LogP contribution in [0.25, 0.3) is 0 Å². The van der Waals surface area contributed by atoms with Gasteiger partial charge < -0.3 is 30.6 Å². The molecule has 0 bridgehead atoms. The first-order valence-corrected chi connectivity index (χ1v) is 7.07. The van der Waals surface area contributed by atoms with Crippen molar-refractivity contribution in [3.05, 3.63) is 48.6 Å². The Labute approximate surface area is 129 Å². The smallest absolute Gasteiger partial charge is 0.125 e. The fourth-order valence-electron chi connectivity index (χ4n) is 2.37. The molecule has 1 aromatic carbocycles. The SMILES string of the molecule is C=CCC(O)[C@H](O)[C@](O)(Cc1ccccc1)[C@H](O)[C@H](O)CO. The first-order valence-electron chi connectivity index (χ1n) is 7.07. The minimum Gasteiger partial charge on any atom is -0.394 e. The second-order valence-electron chi connectivity index (χ2n) is 5.38. The molecule has 6 heteroatoms. The Morgan fingerprint density at radius 3 is 2.05 bits per heavy atom. The molecule has 0 heterocycles. The summed E-state index contributed by atoms with van der Waals surface area (Å²) in [6.45, 7) is 2.65. The van der Waals surface area contributed by atoms with E-state index in [1.54, 1.807) is 30.3 Å². The summed E-state index contributed by atoms with van der Waals surface area (Å²) in [5, 5.41) is 59.6. The average Bonchev–Trinajstić information content (AvgIpc) is 2.53. The molecule has 0 amide bonds. The van der Waals surface area contributed by atoms with E-state index < -0.39 is 36.6 Å². The Hall–Kier alpha value is -1.28. The molecule has 0 aliphatic rings. The predicted molar refractivity (Wildman–Crippen MR) is 81.0 cm³/mol. The van der Waals surface area contributed by atoms with E-state index in [1.807, 2.05) is 0 Å². The Balaban J connectivity index is 3.10. The van der Waals surface area contributed by atoms with Crippen LogP contribution in [0.5, 0.6) is 0 Å². The number of benzene rings is 1. The van der Waals surface area contributed by atoms with E-state index in [2.05, 4.69) is 6.58 Å². The molecule has 6 nitrogen and oxygen atoms in total. The zero-order valence-corrected chi connectivity index (χ0v) is 12.3. The van der Waals surface area contributed by atoms with Crippen LogP contribution in [-0.4, -0.2) is 67.3 Å². The van der Waals surface area contributed by atoms with Crippen molar-refractivity contribution in [3.63, 3.8) is 0 Å². The summed E-state index contributed by atoms with van der Waals surface area (Å²) in [6.07, 6.45) is -5.44. The van der Waals surface area contributed by atoms with E-state index in [4.69, 9.17) is 5.11 Å². The fourth-order valence-corrected chi connectivity index (χ4v) is 2.37. The van der Waals surface area contributed by atoms with Crippen LogP contribution in [0.15, 0.2) is 43.0 Å². The van der Waals surface area contributed by atoms with Gasteiger partial charge in [0, 0.05) is 6.42 Å². The second kappa shape index (κ2) is 8.38. The fraction of sp³-hybridized carbons (Fsp3) is 0.500. The molecule has 0 fully saturated rings. The van der Waals surface area contributed by atoms with Crippen molar-refractivity contribution in [2.24, 2.45) is 0 Å². The van der Waals surface area contributed by atoms with Crippen LogP contribution < -0.4 is 0 Å². The molecule has 1 aromatic rings. The van der Waals surface area contributed by atoms with Gasteiger partial charge in [-0.1, -0.05) is 36.4 Å². The van der Waals surface area contributed by atoms with Crippen LogP contribution in [0.1, 0.15) is 12.0 Å². The zero-order valence-electron chi connectivity index (χ0n) is 12.3. The molecule has 0 aliphatic heterocycles. The standard InChI is InChI=1S/C16H24O6/c1-2-6-12(18)14(20)16(22,15(21)13(19)10-17)9-11-7-4-3-5-8-11/h2-5,7-8,12-15,17-22H,1,6,9-10H2/t12?,13-,14+,15-,16-/m1/s1. The molecule has 22 heavy (non-hydrogen) atoms. The van der Waals surface area contributed by atoms with Gasteiger partial charge in [0.15, 0.2) is 0 Å².